The first-order valence-corrected chi connectivity index (χ1v) is 10.1. The number of rotatable bonds is 4. The third kappa shape index (κ3) is 4.52. The van der Waals surface area contributed by atoms with Gasteiger partial charge >= 0.3 is 0 Å². The average molecular weight is 365 g/mol. The van der Waals surface area contributed by atoms with E-state index in [4.69, 9.17) is 0 Å². The number of hydrogen-bond donors (Lipinski definition) is 1. The summed E-state index contributed by atoms with van der Waals surface area (Å²) in [6.07, 6.45) is 2.60. The first kappa shape index (κ1) is 19.5. The van der Waals surface area contributed by atoms with Crippen LogP contribution in [-0.2, 0) is 0 Å². The molecule has 1 aliphatic rings. The van der Waals surface area contributed by atoms with Gasteiger partial charge in [-0.15, -0.1) is 0 Å². The fourth-order valence-electron chi connectivity index (χ4n) is 3.96. The Balaban J connectivity index is 1.68. The van der Waals surface area contributed by atoms with Crippen LogP contribution in [0, 0.1) is 26.7 Å². The van der Waals surface area contributed by atoms with E-state index in [1.807, 2.05) is 19.9 Å². The van der Waals surface area contributed by atoms with Crippen molar-refractivity contribution in [2.45, 2.75) is 53.5 Å². The number of carbonyl (C=O) groups is 1. The van der Waals surface area contributed by atoms with Crippen molar-refractivity contribution in [1.29, 1.82) is 0 Å². The maximum Gasteiger partial charge on any atom is 0.252 e. The molecule has 1 amide bonds. The van der Waals surface area contributed by atoms with Crippen molar-refractivity contribution >= 4 is 11.6 Å². The molecule has 0 radical (unpaired) electrons. The summed E-state index contributed by atoms with van der Waals surface area (Å²) in [4.78, 5) is 15.2. The number of nitrogens with zero attached hydrogens (tertiary/aromatic N) is 1. The van der Waals surface area contributed by atoms with E-state index in [0.29, 0.717) is 0 Å². The Hall–Kier alpha value is -2.29. The zero-order valence-corrected chi connectivity index (χ0v) is 17.3. The van der Waals surface area contributed by atoms with Crippen LogP contribution in [0.15, 0.2) is 36.4 Å². The Kier molecular flexibility index (Phi) is 5.88. The number of amides is 1. The van der Waals surface area contributed by atoms with Gasteiger partial charge in [0.1, 0.15) is 0 Å². The molecule has 0 bridgehead atoms. The van der Waals surface area contributed by atoms with E-state index in [-0.39, 0.29) is 11.9 Å². The summed E-state index contributed by atoms with van der Waals surface area (Å²) in [6, 6.07) is 12.7. The van der Waals surface area contributed by atoms with Gasteiger partial charge in [-0.05, 0) is 86.9 Å². The molecule has 1 saturated heterocycles. The van der Waals surface area contributed by atoms with Gasteiger partial charge in [0.15, 0.2) is 0 Å². The van der Waals surface area contributed by atoms with Crippen molar-refractivity contribution in [3.63, 3.8) is 0 Å². The van der Waals surface area contributed by atoms with Crippen LogP contribution in [-0.4, -0.2) is 19.0 Å². The number of hydrogen-bond acceptors (Lipinski definition) is 2. The summed E-state index contributed by atoms with van der Waals surface area (Å²) in [5.41, 5.74) is 6.59. The summed E-state index contributed by atoms with van der Waals surface area (Å²) >= 11 is 0. The van der Waals surface area contributed by atoms with E-state index < -0.39 is 0 Å². The van der Waals surface area contributed by atoms with Gasteiger partial charge in [0.25, 0.3) is 5.91 Å². The van der Waals surface area contributed by atoms with Crippen LogP contribution < -0.4 is 10.2 Å². The van der Waals surface area contributed by atoms with E-state index in [2.05, 4.69) is 61.3 Å². The van der Waals surface area contributed by atoms with Gasteiger partial charge in [-0.1, -0.05) is 25.1 Å². The number of benzene rings is 2. The Bertz CT molecular complexity index is 810. The SMILES string of the molecule is Cc1cc(C)c(C(=O)N[C@@H](C)c2ccc(N3CCC[C@H](C)C3)cc2)cc1C. The highest BCUT2D eigenvalue weighted by atomic mass is 16.1. The number of piperidine rings is 1. The van der Waals surface area contributed by atoms with Crippen molar-refractivity contribution in [3.8, 4) is 0 Å². The first-order valence-electron chi connectivity index (χ1n) is 10.1. The fourth-order valence-corrected chi connectivity index (χ4v) is 3.96. The van der Waals surface area contributed by atoms with Gasteiger partial charge in [-0.3, -0.25) is 4.79 Å². The van der Waals surface area contributed by atoms with Crippen LogP contribution in [0.1, 0.15) is 65.3 Å². The monoisotopic (exact) mass is 364 g/mol. The quantitative estimate of drug-likeness (QED) is 0.794. The molecule has 0 saturated carbocycles. The third-order valence-electron chi connectivity index (χ3n) is 5.85. The third-order valence-corrected chi connectivity index (χ3v) is 5.85. The minimum absolute atomic E-state index is 0.00275. The Morgan fingerprint density at radius 3 is 2.41 bits per heavy atom. The molecule has 1 N–H and O–H groups in total. The Morgan fingerprint density at radius 2 is 1.74 bits per heavy atom. The molecule has 2 atom stereocenters. The lowest BCUT2D eigenvalue weighted by molar-refractivity contribution is 0.0939. The number of nitrogens with one attached hydrogen (secondary N) is 1. The summed E-state index contributed by atoms with van der Waals surface area (Å²) < 4.78 is 0. The molecule has 27 heavy (non-hydrogen) atoms. The van der Waals surface area contributed by atoms with Crippen molar-refractivity contribution < 1.29 is 4.79 Å². The van der Waals surface area contributed by atoms with E-state index >= 15 is 0 Å². The van der Waals surface area contributed by atoms with Gasteiger partial charge < -0.3 is 10.2 Å². The first-order chi connectivity index (χ1) is 12.8. The maximum absolute atomic E-state index is 12.7. The highest BCUT2D eigenvalue weighted by molar-refractivity contribution is 5.96. The minimum Gasteiger partial charge on any atom is -0.371 e. The lowest BCUT2D eigenvalue weighted by Gasteiger charge is -2.33. The second-order valence-corrected chi connectivity index (χ2v) is 8.23. The highest BCUT2D eigenvalue weighted by Crippen LogP contribution is 2.25. The summed E-state index contributed by atoms with van der Waals surface area (Å²) in [6.45, 7) is 12.8. The lowest BCUT2D eigenvalue weighted by atomic mass is 9.99. The highest BCUT2D eigenvalue weighted by Gasteiger charge is 2.18. The average Bonchev–Trinajstić information content (AvgIpc) is 2.64. The Morgan fingerprint density at radius 1 is 1.07 bits per heavy atom. The second kappa shape index (κ2) is 8.16. The predicted octanol–water partition coefficient (Wildman–Crippen LogP) is 5.34. The predicted molar refractivity (Wildman–Crippen MR) is 114 cm³/mol. The molecule has 1 fully saturated rings. The van der Waals surface area contributed by atoms with Gasteiger partial charge in [0, 0.05) is 24.3 Å². The molecule has 144 valence electrons. The topological polar surface area (TPSA) is 32.3 Å². The van der Waals surface area contributed by atoms with Crippen LogP contribution in [0.25, 0.3) is 0 Å². The molecule has 0 aliphatic carbocycles. The van der Waals surface area contributed by atoms with E-state index in [0.717, 1.165) is 41.3 Å². The van der Waals surface area contributed by atoms with Crippen LogP contribution in [0.4, 0.5) is 5.69 Å². The van der Waals surface area contributed by atoms with Crippen LogP contribution in [0.2, 0.25) is 0 Å². The molecule has 2 aromatic carbocycles. The van der Waals surface area contributed by atoms with Crippen LogP contribution in [0.5, 0.6) is 0 Å². The van der Waals surface area contributed by atoms with E-state index in [1.165, 1.54) is 24.1 Å². The molecular formula is C24H32N2O. The van der Waals surface area contributed by atoms with Gasteiger partial charge in [0.05, 0.1) is 6.04 Å². The Labute approximate surface area is 163 Å². The van der Waals surface area contributed by atoms with E-state index in [1.54, 1.807) is 0 Å². The number of carbonyl (C=O) groups excluding carboxylic acids is 1. The van der Waals surface area contributed by atoms with Crippen molar-refractivity contribution in [3.05, 3.63) is 64.2 Å². The number of anilines is 1. The van der Waals surface area contributed by atoms with Crippen molar-refractivity contribution in [2.24, 2.45) is 5.92 Å². The van der Waals surface area contributed by atoms with Gasteiger partial charge in [0.2, 0.25) is 0 Å². The zero-order valence-electron chi connectivity index (χ0n) is 17.3. The summed E-state index contributed by atoms with van der Waals surface area (Å²) in [7, 11) is 0. The molecular weight excluding hydrogens is 332 g/mol. The maximum atomic E-state index is 12.7. The van der Waals surface area contributed by atoms with Crippen molar-refractivity contribution in [1.82, 2.24) is 5.32 Å². The van der Waals surface area contributed by atoms with Crippen LogP contribution in [0.3, 0.4) is 0 Å². The van der Waals surface area contributed by atoms with Gasteiger partial charge in [-0.25, -0.2) is 0 Å². The summed E-state index contributed by atoms with van der Waals surface area (Å²) in [5.74, 6) is 0.759. The largest absolute Gasteiger partial charge is 0.371 e. The molecule has 0 spiro atoms. The van der Waals surface area contributed by atoms with Crippen LogP contribution >= 0.6 is 0 Å². The molecule has 0 aromatic heterocycles. The fraction of sp³-hybridized carbons (Fsp3) is 0.458. The summed E-state index contributed by atoms with van der Waals surface area (Å²) in [5, 5.41) is 3.15. The second-order valence-electron chi connectivity index (χ2n) is 8.23. The molecule has 1 aliphatic heterocycles. The van der Waals surface area contributed by atoms with Crippen molar-refractivity contribution in [2.75, 3.05) is 18.0 Å². The standard InChI is InChI=1S/C24H32N2O/c1-16-7-6-12-26(15-16)22-10-8-21(9-11-22)20(5)25-24(27)23-14-18(3)17(2)13-19(23)4/h8-11,13-14,16,20H,6-7,12,15H2,1-5H3,(H,25,27)/t16-,20-/m0/s1. The molecule has 0 unspecified atom stereocenters. The molecule has 3 rings (SSSR count). The molecule has 1 heterocycles. The molecule has 3 nitrogen and oxygen atoms in total. The molecule has 2 aromatic rings. The van der Waals surface area contributed by atoms with E-state index in [9.17, 15) is 4.79 Å². The normalized spacial score (nSPS) is 18.3. The lowest BCUT2D eigenvalue weighted by Crippen LogP contribution is -2.34. The molecule has 3 heteroatoms. The zero-order chi connectivity index (χ0) is 19.6. The number of aryl methyl sites for hydroxylation is 3. The smallest absolute Gasteiger partial charge is 0.252 e. The minimum atomic E-state index is -0.0205. The van der Waals surface area contributed by atoms with Gasteiger partial charge in [-0.2, -0.15) is 0 Å².